The Labute approximate surface area is 134 Å². The number of aromatic nitrogens is 2. The summed E-state index contributed by atoms with van der Waals surface area (Å²) in [6.07, 6.45) is 7.28. The molecule has 1 heterocycles. The molecule has 0 radical (unpaired) electrons. The molecule has 0 unspecified atom stereocenters. The zero-order valence-electron chi connectivity index (χ0n) is 14.0. The summed E-state index contributed by atoms with van der Waals surface area (Å²) < 4.78 is 2.12. The van der Waals surface area contributed by atoms with Gasteiger partial charge in [-0.05, 0) is 38.0 Å². The quantitative estimate of drug-likeness (QED) is 0.817. The second-order valence-electron chi connectivity index (χ2n) is 6.80. The second-order valence-corrected chi connectivity index (χ2v) is 7.17. The predicted molar refractivity (Wildman–Crippen MR) is 90.0 cm³/mol. The molecule has 0 aromatic carbocycles. The Morgan fingerprint density at radius 2 is 1.95 bits per heavy atom. The van der Waals surface area contributed by atoms with Crippen LogP contribution in [0.5, 0.6) is 0 Å². The van der Waals surface area contributed by atoms with E-state index in [0.717, 1.165) is 36.6 Å². The van der Waals surface area contributed by atoms with Crippen molar-refractivity contribution in [3.8, 4) is 0 Å². The van der Waals surface area contributed by atoms with E-state index < -0.39 is 0 Å². The molecule has 0 aliphatic heterocycles. The lowest BCUT2D eigenvalue weighted by Crippen LogP contribution is -2.37. The summed E-state index contributed by atoms with van der Waals surface area (Å²) in [5.74, 6) is 0. The van der Waals surface area contributed by atoms with Crippen LogP contribution in [0.2, 0.25) is 5.02 Å². The number of hydrogen-bond acceptors (Lipinski definition) is 2. The maximum absolute atomic E-state index is 6.61. The third-order valence-electron chi connectivity index (χ3n) is 4.79. The summed E-state index contributed by atoms with van der Waals surface area (Å²) in [5, 5.41) is 9.25. The van der Waals surface area contributed by atoms with Crippen LogP contribution >= 0.6 is 11.6 Å². The Balaban J connectivity index is 2.22. The van der Waals surface area contributed by atoms with Gasteiger partial charge in [-0.1, -0.05) is 45.2 Å². The zero-order valence-corrected chi connectivity index (χ0v) is 14.8. The van der Waals surface area contributed by atoms with E-state index >= 15 is 0 Å². The molecule has 0 spiro atoms. The lowest BCUT2D eigenvalue weighted by atomic mass is 9.81. The monoisotopic (exact) mass is 311 g/mol. The minimum absolute atomic E-state index is 0.367. The van der Waals surface area contributed by atoms with Crippen LogP contribution in [0.4, 0.5) is 0 Å². The first-order chi connectivity index (χ1) is 10.0. The number of nitrogens with zero attached hydrogens (tertiary/aromatic N) is 2. The number of nitrogens with one attached hydrogen (secondary N) is 1. The van der Waals surface area contributed by atoms with E-state index in [4.69, 9.17) is 11.6 Å². The van der Waals surface area contributed by atoms with Crippen molar-refractivity contribution in [3.05, 3.63) is 16.4 Å². The Morgan fingerprint density at radius 3 is 2.48 bits per heavy atom. The molecule has 2 rings (SSSR count). The topological polar surface area (TPSA) is 29.9 Å². The fraction of sp³-hybridized carbons (Fsp3) is 0.824. The molecule has 0 atom stereocenters. The highest BCUT2D eigenvalue weighted by molar-refractivity contribution is 6.31. The Hall–Kier alpha value is -0.540. The molecule has 0 bridgehead atoms. The number of hydrogen-bond donors (Lipinski definition) is 1. The third kappa shape index (κ3) is 3.81. The van der Waals surface area contributed by atoms with Crippen LogP contribution in [-0.4, -0.2) is 22.4 Å². The molecule has 0 amide bonds. The summed E-state index contributed by atoms with van der Waals surface area (Å²) in [6.45, 7) is 10.7. The highest BCUT2D eigenvalue weighted by Crippen LogP contribution is 2.42. The van der Waals surface area contributed by atoms with Crippen molar-refractivity contribution in [2.24, 2.45) is 5.41 Å². The zero-order chi connectivity index (χ0) is 15.5. The van der Waals surface area contributed by atoms with E-state index in [2.05, 4.69) is 42.8 Å². The van der Waals surface area contributed by atoms with Gasteiger partial charge in [0, 0.05) is 19.1 Å². The van der Waals surface area contributed by atoms with Crippen LogP contribution in [0.15, 0.2) is 0 Å². The number of aryl methyl sites for hydroxylation is 2. The molecule has 1 aromatic heterocycles. The summed E-state index contributed by atoms with van der Waals surface area (Å²) >= 11 is 6.61. The number of halogens is 1. The minimum atomic E-state index is 0.367. The predicted octanol–water partition coefficient (Wildman–Crippen LogP) is 4.22. The van der Waals surface area contributed by atoms with Gasteiger partial charge >= 0.3 is 0 Å². The highest BCUT2D eigenvalue weighted by atomic mass is 35.5. The van der Waals surface area contributed by atoms with Crippen LogP contribution in [-0.2, 0) is 19.4 Å². The van der Waals surface area contributed by atoms with Crippen molar-refractivity contribution < 1.29 is 0 Å². The molecular formula is C17H30ClN3. The average molecular weight is 312 g/mol. The molecule has 1 saturated carbocycles. The average Bonchev–Trinajstić information content (AvgIpc) is 3.04. The first-order valence-electron chi connectivity index (χ1n) is 8.48. The Kier molecular flexibility index (Phi) is 5.73. The third-order valence-corrected chi connectivity index (χ3v) is 5.22. The van der Waals surface area contributed by atoms with Gasteiger partial charge < -0.3 is 5.32 Å². The molecule has 120 valence electrons. The van der Waals surface area contributed by atoms with Gasteiger partial charge in [0.2, 0.25) is 0 Å². The van der Waals surface area contributed by atoms with Gasteiger partial charge in [0.05, 0.1) is 16.4 Å². The largest absolute Gasteiger partial charge is 0.314 e. The minimum Gasteiger partial charge on any atom is -0.314 e. The van der Waals surface area contributed by atoms with Crippen molar-refractivity contribution in [2.75, 3.05) is 6.54 Å². The maximum atomic E-state index is 6.61. The first kappa shape index (κ1) is 16.8. The fourth-order valence-electron chi connectivity index (χ4n) is 3.50. The second kappa shape index (κ2) is 7.15. The van der Waals surface area contributed by atoms with Crippen molar-refractivity contribution in [1.29, 1.82) is 0 Å². The van der Waals surface area contributed by atoms with E-state index in [1.165, 1.54) is 31.4 Å². The smallest absolute Gasteiger partial charge is 0.0850 e. The molecule has 1 aliphatic rings. The van der Waals surface area contributed by atoms with E-state index in [9.17, 15) is 0 Å². The van der Waals surface area contributed by atoms with Gasteiger partial charge in [0.15, 0.2) is 0 Å². The fourth-order valence-corrected chi connectivity index (χ4v) is 3.84. The lowest BCUT2D eigenvalue weighted by molar-refractivity contribution is 0.262. The number of rotatable bonds is 7. The standard InChI is InChI=1S/C17H30ClN3/c1-5-14-16(18)15(21(6-2)20-14)11-17(9-7-8-10-17)12-19-13(3)4/h13,19H,5-12H2,1-4H3. The van der Waals surface area contributed by atoms with Gasteiger partial charge in [-0.15, -0.1) is 0 Å². The SMILES string of the molecule is CCc1nn(CC)c(CC2(CNC(C)C)CCCC2)c1Cl. The van der Waals surface area contributed by atoms with Crippen molar-refractivity contribution >= 4 is 11.6 Å². The maximum Gasteiger partial charge on any atom is 0.0850 e. The molecule has 21 heavy (non-hydrogen) atoms. The molecule has 1 N–H and O–H groups in total. The van der Waals surface area contributed by atoms with E-state index in [0.29, 0.717) is 11.5 Å². The summed E-state index contributed by atoms with van der Waals surface area (Å²) in [7, 11) is 0. The van der Waals surface area contributed by atoms with Gasteiger partial charge in [-0.2, -0.15) is 5.10 Å². The normalized spacial score (nSPS) is 17.8. The van der Waals surface area contributed by atoms with Crippen LogP contribution in [0.1, 0.15) is 64.8 Å². The molecule has 1 aliphatic carbocycles. The molecule has 3 nitrogen and oxygen atoms in total. The van der Waals surface area contributed by atoms with Crippen LogP contribution in [0.25, 0.3) is 0 Å². The Morgan fingerprint density at radius 1 is 1.29 bits per heavy atom. The van der Waals surface area contributed by atoms with Crippen molar-refractivity contribution in [2.45, 2.75) is 78.8 Å². The molecular weight excluding hydrogens is 282 g/mol. The molecule has 1 fully saturated rings. The van der Waals surface area contributed by atoms with Gasteiger partial charge in [0.25, 0.3) is 0 Å². The first-order valence-corrected chi connectivity index (χ1v) is 8.86. The summed E-state index contributed by atoms with van der Waals surface area (Å²) in [5.41, 5.74) is 2.67. The van der Waals surface area contributed by atoms with Crippen molar-refractivity contribution in [1.82, 2.24) is 15.1 Å². The lowest BCUT2D eigenvalue weighted by Gasteiger charge is -2.31. The molecule has 0 saturated heterocycles. The van der Waals surface area contributed by atoms with Crippen LogP contribution in [0.3, 0.4) is 0 Å². The van der Waals surface area contributed by atoms with E-state index in [1.807, 2.05) is 0 Å². The van der Waals surface area contributed by atoms with E-state index in [1.54, 1.807) is 0 Å². The highest BCUT2D eigenvalue weighted by Gasteiger charge is 2.36. The van der Waals surface area contributed by atoms with E-state index in [-0.39, 0.29) is 0 Å². The van der Waals surface area contributed by atoms with Gasteiger partial charge in [-0.3, -0.25) is 4.68 Å². The Bertz CT molecular complexity index is 459. The van der Waals surface area contributed by atoms with Crippen LogP contribution in [0, 0.1) is 5.41 Å². The summed E-state index contributed by atoms with van der Waals surface area (Å²) in [4.78, 5) is 0. The van der Waals surface area contributed by atoms with Gasteiger partial charge in [-0.25, -0.2) is 0 Å². The summed E-state index contributed by atoms with van der Waals surface area (Å²) in [6, 6.07) is 0.542. The molecule has 4 heteroatoms. The molecule has 1 aromatic rings. The van der Waals surface area contributed by atoms with Crippen molar-refractivity contribution in [3.63, 3.8) is 0 Å². The van der Waals surface area contributed by atoms with Gasteiger partial charge in [0.1, 0.15) is 0 Å². The van der Waals surface area contributed by atoms with Crippen LogP contribution < -0.4 is 5.32 Å².